The lowest BCUT2D eigenvalue weighted by Crippen LogP contribution is -2.42. The number of benzene rings is 1. The molecule has 0 radical (unpaired) electrons. The van der Waals surface area contributed by atoms with E-state index in [1.165, 1.54) is 13.2 Å². The summed E-state index contributed by atoms with van der Waals surface area (Å²) in [6.45, 7) is 0.245. The molecule has 0 bridgehead atoms. The van der Waals surface area contributed by atoms with Crippen molar-refractivity contribution < 1.29 is 22.3 Å². The van der Waals surface area contributed by atoms with E-state index in [4.69, 9.17) is 11.6 Å². The van der Waals surface area contributed by atoms with Crippen LogP contribution in [0, 0.1) is 11.7 Å². The predicted molar refractivity (Wildman–Crippen MR) is 74.9 cm³/mol. The molecule has 8 heteroatoms. The van der Waals surface area contributed by atoms with Crippen molar-refractivity contribution in [3.63, 3.8) is 0 Å². The van der Waals surface area contributed by atoms with Crippen LogP contribution in [0.4, 0.5) is 4.39 Å². The monoisotopic (exact) mass is 335 g/mol. The Hall–Kier alpha value is -1.18. The van der Waals surface area contributed by atoms with Crippen LogP contribution < -0.4 is 0 Å². The molecule has 1 aromatic carbocycles. The lowest BCUT2D eigenvalue weighted by atomic mass is 10.0. The van der Waals surface area contributed by atoms with Crippen molar-refractivity contribution in [2.75, 3.05) is 20.2 Å². The molecule has 1 aromatic rings. The number of carbonyl (C=O) groups excluding carboxylic acids is 1. The number of halogens is 2. The maximum absolute atomic E-state index is 13.8. The summed E-state index contributed by atoms with van der Waals surface area (Å²) in [5, 5.41) is 0.123. The van der Waals surface area contributed by atoms with E-state index in [2.05, 4.69) is 4.74 Å². The van der Waals surface area contributed by atoms with Gasteiger partial charge < -0.3 is 4.74 Å². The number of ether oxygens (including phenoxy) is 1. The van der Waals surface area contributed by atoms with E-state index in [0.717, 1.165) is 16.4 Å². The lowest BCUT2D eigenvalue weighted by Gasteiger charge is -2.30. The standard InChI is InChI=1S/C13H15ClFNO4S/c1-20-13(17)9-3-2-6-16(8-9)21(18,19)12-5-4-10(14)7-11(12)15/h4-5,7,9H,2-3,6,8H2,1H3. The number of carbonyl (C=O) groups is 1. The molecule has 116 valence electrons. The van der Waals surface area contributed by atoms with Crippen LogP contribution in [-0.4, -0.2) is 38.9 Å². The van der Waals surface area contributed by atoms with Gasteiger partial charge in [0.25, 0.3) is 0 Å². The van der Waals surface area contributed by atoms with Crippen LogP contribution in [0.25, 0.3) is 0 Å². The Bertz CT molecular complexity index is 650. The minimum Gasteiger partial charge on any atom is -0.469 e. The summed E-state index contributed by atoms with van der Waals surface area (Å²) in [5.74, 6) is -1.87. The highest BCUT2D eigenvalue weighted by molar-refractivity contribution is 7.89. The Morgan fingerprint density at radius 2 is 2.19 bits per heavy atom. The number of methoxy groups -OCH3 is 1. The first kappa shape index (κ1) is 16.2. The van der Waals surface area contributed by atoms with Gasteiger partial charge in [-0.1, -0.05) is 11.6 Å². The number of nitrogens with zero attached hydrogens (tertiary/aromatic N) is 1. The van der Waals surface area contributed by atoms with E-state index in [-0.39, 0.29) is 18.1 Å². The summed E-state index contributed by atoms with van der Waals surface area (Å²) < 4.78 is 44.5. The van der Waals surface area contributed by atoms with Gasteiger partial charge in [-0.05, 0) is 31.0 Å². The van der Waals surface area contributed by atoms with Crippen LogP contribution >= 0.6 is 11.6 Å². The fourth-order valence-electron chi connectivity index (χ4n) is 2.34. The molecule has 1 saturated heterocycles. The van der Waals surface area contributed by atoms with Crippen molar-refractivity contribution in [3.8, 4) is 0 Å². The normalized spacial score (nSPS) is 20.2. The minimum atomic E-state index is -3.99. The van der Waals surface area contributed by atoms with Gasteiger partial charge in [-0.15, -0.1) is 0 Å². The molecule has 0 saturated carbocycles. The Labute approximate surface area is 127 Å². The van der Waals surface area contributed by atoms with Crippen LogP contribution in [0.2, 0.25) is 5.02 Å². The van der Waals surface area contributed by atoms with Gasteiger partial charge in [0.05, 0.1) is 13.0 Å². The van der Waals surface area contributed by atoms with Crippen LogP contribution in [-0.2, 0) is 19.6 Å². The summed E-state index contributed by atoms with van der Waals surface area (Å²) in [7, 11) is -2.73. The second-order valence-corrected chi connectivity index (χ2v) is 7.14. The van der Waals surface area contributed by atoms with E-state index < -0.39 is 32.6 Å². The molecule has 21 heavy (non-hydrogen) atoms. The van der Waals surface area contributed by atoms with E-state index in [9.17, 15) is 17.6 Å². The highest BCUT2D eigenvalue weighted by atomic mass is 35.5. The van der Waals surface area contributed by atoms with Crippen LogP contribution in [0.1, 0.15) is 12.8 Å². The molecule has 0 aromatic heterocycles. The maximum atomic E-state index is 13.8. The molecule has 1 unspecified atom stereocenters. The number of hydrogen-bond donors (Lipinski definition) is 0. The first-order valence-corrected chi connectivity index (χ1v) is 8.21. The average Bonchev–Trinajstić information content (AvgIpc) is 2.46. The van der Waals surface area contributed by atoms with Crippen molar-refractivity contribution in [1.82, 2.24) is 4.31 Å². The van der Waals surface area contributed by atoms with Crippen LogP contribution in [0.5, 0.6) is 0 Å². The highest BCUT2D eigenvalue weighted by Gasteiger charge is 2.35. The molecule has 1 heterocycles. The number of piperidine rings is 1. The molecule has 0 N–H and O–H groups in total. The van der Waals surface area contributed by atoms with Crippen molar-refractivity contribution in [1.29, 1.82) is 0 Å². The smallest absolute Gasteiger partial charge is 0.309 e. The summed E-state index contributed by atoms with van der Waals surface area (Å²) in [6, 6.07) is 3.41. The van der Waals surface area contributed by atoms with Gasteiger partial charge in [0, 0.05) is 18.1 Å². The van der Waals surface area contributed by atoms with Crippen molar-refractivity contribution >= 4 is 27.6 Å². The highest BCUT2D eigenvalue weighted by Crippen LogP contribution is 2.27. The summed E-state index contributed by atoms with van der Waals surface area (Å²) in [6.07, 6.45) is 1.08. The predicted octanol–water partition coefficient (Wildman–Crippen LogP) is 2.05. The minimum absolute atomic E-state index is 0.00290. The van der Waals surface area contributed by atoms with Gasteiger partial charge in [0.15, 0.2) is 0 Å². The van der Waals surface area contributed by atoms with Gasteiger partial charge >= 0.3 is 5.97 Å². The Kier molecular flexibility index (Phi) is 4.85. The molecule has 0 amide bonds. The number of esters is 1. The van der Waals surface area contributed by atoms with Crippen molar-refractivity contribution in [2.24, 2.45) is 5.92 Å². The Balaban J connectivity index is 2.28. The summed E-state index contributed by atoms with van der Waals surface area (Å²) >= 11 is 5.63. The Morgan fingerprint density at radius 1 is 1.48 bits per heavy atom. The van der Waals surface area contributed by atoms with Gasteiger partial charge in [-0.25, -0.2) is 12.8 Å². The summed E-state index contributed by atoms with van der Waals surface area (Å²) in [5.41, 5.74) is 0. The summed E-state index contributed by atoms with van der Waals surface area (Å²) in [4.78, 5) is 11.1. The van der Waals surface area contributed by atoms with Crippen LogP contribution in [0.3, 0.4) is 0 Å². The number of rotatable bonds is 3. The molecule has 1 atom stereocenters. The van der Waals surface area contributed by atoms with Crippen LogP contribution in [0.15, 0.2) is 23.1 Å². The molecule has 0 spiro atoms. The SMILES string of the molecule is COC(=O)C1CCCN(S(=O)(=O)c2ccc(Cl)cc2F)C1. The number of sulfonamides is 1. The number of hydrogen-bond acceptors (Lipinski definition) is 4. The molecule has 2 rings (SSSR count). The fraction of sp³-hybridized carbons (Fsp3) is 0.462. The largest absolute Gasteiger partial charge is 0.469 e. The fourth-order valence-corrected chi connectivity index (χ4v) is 4.07. The molecular weight excluding hydrogens is 321 g/mol. The Morgan fingerprint density at radius 3 is 2.81 bits per heavy atom. The van der Waals surface area contributed by atoms with Gasteiger partial charge in [-0.2, -0.15) is 4.31 Å². The molecule has 1 aliphatic heterocycles. The third kappa shape index (κ3) is 3.36. The average molecular weight is 336 g/mol. The zero-order valence-electron chi connectivity index (χ0n) is 11.4. The van der Waals surface area contributed by atoms with Crippen molar-refractivity contribution in [3.05, 3.63) is 29.0 Å². The lowest BCUT2D eigenvalue weighted by molar-refractivity contribution is -0.146. The quantitative estimate of drug-likeness (QED) is 0.793. The molecule has 1 fully saturated rings. The van der Waals surface area contributed by atoms with Crippen molar-refractivity contribution in [2.45, 2.75) is 17.7 Å². The van der Waals surface area contributed by atoms with Gasteiger partial charge in [0.1, 0.15) is 10.7 Å². The molecule has 0 aliphatic carbocycles. The zero-order valence-corrected chi connectivity index (χ0v) is 13.0. The molecular formula is C13H15ClFNO4S. The molecule has 1 aliphatic rings. The first-order valence-electron chi connectivity index (χ1n) is 6.39. The first-order chi connectivity index (χ1) is 9.86. The van der Waals surface area contributed by atoms with E-state index in [1.807, 2.05) is 0 Å². The topological polar surface area (TPSA) is 63.7 Å². The second kappa shape index (κ2) is 6.29. The van der Waals surface area contributed by atoms with Gasteiger partial charge in [-0.3, -0.25) is 4.79 Å². The zero-order chi connectivity index (χ0) is 15.6. The third-order valence-electron chi connectivity index (χ3n) is 3.43. The maximum Gasteiger partial charge on any atom is 0.309 e. The third-order valence-corrected chi connectivity index (χ3v) is 5.56. The second-order valence-electron chi connectivity index (χ2n) is 4.80. The van der Waals surface area contributed by atoms with Gasteiger partial charge in [0.2, 0.25) is 10.0 Å². The van der Waals surface area contributed by atoms with E-state index in [1.54, 1.807) is 0 Å². The van der Waals surface area contributed by atoms with E-state index >= 15 is 0 Å². The molecule has 5 nitrogen and oxygen atoms in total. The van der Waals surface area contributed by atoms with E-state index in [0.29, 0.717) is 12.8 Å².